The summed E-state index contributed by atoms with van der Waals surface area (Å²) in [5.74, 6) is 1.86. The van der Waals surface area contributed by atoms with Crippen LogP contribution in [-0.4, -0.2) is 58.2 Å². The minimum absolute atomic E-state index is 0. The van der Waals surface area contributed by atoms with E-state index >= 15 is 0 Å². The number of guanidine groups is 1. The van der Waals surface area contributed by atoms with Crippen molar-refractivity contribution < 1.29 is 4.79 Å². The second-order valence-electron chi connectivity index (χ2n) is 6.92. The summed E-state index contributed by atoms with van der Waals surface area (Å²) in [6.45, 7) is 4.83. The van der Waals surface area contributed by atoms with E-state index in [9.17, 15) is 4.79 Å². The molecule has 1 N–H and O–H groups in total. The Morgan fingerprint density at radius 1 is 1.34 bits per heavy atom. The van der Waals surface area contributed by atoms with Crippen molar-refractivity contribution in [3.05, 3.63) is 42.0 Å². The van der Waals surface area contributed by atoms with Gasteiger partial charge >= 0.3 is 0 Å². The molecule has 2 aromatic rings. The summed E-state index contributed by atoms with van der Waals surface area (Å²) < 4.78 is 1.76. The smallest absolute Gasteiger partial charge is 0.227 e. The van der Waals surface area contributed by atoms with Crippen LogP contribution in [0.5, 0.6) is 0 Å². The number of halogens is 1. The zero-order valence-electron chi connectivity index (χ0n) is 17.3. The van der Waals surface area contributed by atoms with Crippen molar-refractivity contribution >= 4 is 41.5 Å². The van der Waals surface area contributed by atoms with Crippen molar-refractivity contribution in [1.82, 2.24) is 25.0 Å². The zero-order chi connectivity index (χ0) is 19.9. The summed E-state index contributed by atoms with van der Waals surface area (Å²) in [5.41, 5.74) is 2.32. The lowest BCUT2D eigenvalue weighted by Crippen LogP contribution is -2.39. The number of benzene rings is 1. The first kappa shape index (κ1) is 23.1. The number of aryl methyl sites for hydroxylation is 1. The number of fused-ring (bicyclic) bond motifs is 1. The van der Waals surface area contributed by atoms with Crippen molar-refractivity contribution in [3.63, 3.8) is 0 Å². The molecular formula is C20H30IN7O. The Morgan fingerprint density at radius 3 is 2.86 bits per heavy atom. The average molecular weight is 511 g/mol. The quantitative estimate of drug-likeness (QED) is 0.267. The summed E-state index contributed by atoms with van der Waals surface area (Å²) in [6.07, 6.45) is 3.72. The van der Waals surface area contributed by atoms with Crippen LogP contribution in [0.2, 0.25) is 0 Å². The van der Waals surface area contributed by atoms with Gasteiger partial charge in [-0.05, 0) is 31.4 Å². The monoisotopic (exact) mass is 511 g/mol. The van der Waals surface area contributed by atoms with Crippen LogP contribution in [-0.2, 0) is 24.8 Å². The summed E-state index contributed by atoms with van der Waals surface area (Å²) in [7, 11) is 3.85. The topological polar surface area (TPSA) is 78.7 Å². The number of amides is 1. The Hall–Kier alpha value is -2.17. The van der Waals surface area contributed by atoms with Gasteiger partial charge in [-0.25, -0.2) is 4.98 Å². The Kier molecular flexibility index (Phi) is 8.87. The van der Waals surface area contributed by atoms with E-state index in [2.05, 4.69) is 26.5 Å². The van der Waals surface area contributed by atoms with E-state index in [-0.39, 0.29) is 29.9 Å². The van der Waals surface area contributed by atoms with E-state index < -0.39 is 0 Å². The van der Waals surface area contributed by atoms with Gasteiger partial charge in [0.25, 0.3) is 0 Å². The summed E-state index contributed by atoms with van der Waals surface area (Å²) >= 11 is 0. The third-order valence-electron chi connectivity index (χ3n) is 4.88. The maximum atomic E-state index is 12.6. The first-order valence-electron chi connectivity index (χ1n) is 9.80. The second-order valence-corrected chi connectivity index (χ2v) is 6.92. The molecule has 29 heavy (non-hydrogen) atoms. The van der Waals surface area contributed by atoms with Gasteiger partial charge in [-0.15, -0.1) is 24.0 Å². The number of nitrogens with one attached hydrogen (secondary N) is 1. The van der Waals surface area contributed by atoms with E-state index in [1.165, 1.54) is 5.56 Å². The molecule has 158 valence electrons. The van der Waals surface area contributed by atoms with Crippen molar-refractivity contribution in [2.75, 3.05) is 31.6 Å². The van der Waals surface area contributed by atoms with Crippen LogP contribution in [0.1, 0.15) is 31.2 Å². The molecule has 2 heterocycles. The molecule has 1 aromatic heterocycles. The molecule has 9 heteroatoms. The van der Waals surface area contributed by atoms with Gasteiger partial charge < -0.3 is 15.1 Å². The molecule has 0 bridgehead atoms. The van der Waals surface area contributed by atoms with Crippen LogP contribution >= 0.6 is 24.0 Å². The predicted molar refractivity (Wildman–Crippen MR) is 126 cm³/mol. The van der Waals surface area contributed by atoms with Gasteiger partial charge in [0.05, 0.1) is 6.54 Å². The molecule has 0 atom stereocenters. The molecule has 8 nitrogen and oxygen atoms in total. The van der Waals surface area contributed by atoms with Crippen LogP contribution in [0, 0.1) is 0 Å². The molecule has 1 aromatic carbocycles. The maximum absolute atomic E-state index is 12.6. The molecule has 1 aliphatic rings. The largest absolute Gasteiger partial charge is 0.357 e. The molecule has 1 amide bonds. The van der Waals surface area contributed by atoms with E-state index in [1.807, 2.05) is 49.0 Å². The highest BCUT2D eigenvalue weighted by Gasteiger charge is 2.23. The molecule has 0 fully saturated rings. The predicted octanol–water partition coefficient (Wildman–Crippen LogP) is 2.20. The third-order valence-corrected chi connectivity index (χ3v) is 4.88. The number of rotatable bonds is 7. The third kappa shape index (κ3) is 5.91. The summed E-state index contributed by atoms with van der Waals surface area (Å²) in [6, 6.07) is 8.15. The lowest BCUT2D eigenvalue weighted by Gasteiger charge is -2.21. The molecular weight excluding hydrogens is 481 g/mol. The van der Waals surface area contributed by atoms with Crippen molar-refractivity contribution in [2.24, 2.45) is 12.0 Å². The number of hydrogen-bond acceptors (Lipinski definition) is 4. The highest BCUT2D eigenvalue weighted by atomic mass is 127. The minimum atomic E-state index is 0. The Labute approximate surface area is 189 Å². The van der Waals surface area contributed by atoms with Gasteiger partial charge in [0.2, 0.25) is 5.91 Å². The number of aliphatic imine (C=N–C) groups is 1. The summed E-state index contributed by atoms with van der Waals surface area (Å²) in [4.78, 5) is 25.4. The fourth-order valence-electron chi connectivity index (χ4n) is 3.37. The molecule has 0 unspecified atom stereocenters. The van der Waals surface area contributed by atoms with E-state index in [1.54, 1.807) is 11.0 Å². The first-order chi connectivity index (χ1) is 13.6. The summed E-state index contributed by atoms with van der Waals surface area (Å²) in [5, 5.41) is 7.39. The molecule has 0 saturated carbocycles. The van der Waals surface area contributed by atoms with Gasteiger partial charge in [-0.1, -0.05) is 18.2 Å². The Morgan fingerprint density at radius 2 is 2.14 bits per heavy atom. The number of nitrogens with zero attached hydrogens (tertiary/aromatic N) is 6. The fraction of sp³-hybridized carbons (Fsp3) is 0.500. The molecule has 0 spiro atoms. The van der Waals surface area contributed by atoms with Crippen molar-refractivity contribution in [1.29, 1.82) is 0 Å². The fourth-order valence-corrected chi connectivity index (χ4v) is 3.37. The molecule has 0 saturated heterocycles. The van der Waals surface area contributed by atoms with Crippen LogP contribution in [0.3, 0.4) is 0 Å². The lowest BCUT2D eigenvalue weighted by atomic mass is 10.2. The first-order valence-corrected chi connectivity index (χ1v) is 9.80. The number of carbonyl (C=O) groups is 1. The van der Waals surface area contributed by atoms with Gasteiger partial charge in [0.15, 0.2) is 5.96 Å². The number of anilines is 1. The number of carbonyl (C=O) groups excluding carboxylic acids is 1. The molecule has 0 aliphatic carbocycles. The van der Waals surface area contributed by atoms with Crippen molar-refractivity contribution in [3.8, 4) is 0 Å². The number of aromatic nitrogens is 3. The van der Waals surface area contributed by atoms with Crippen LogP contribution in [0.25, 0.3) is 0 Å². The van der Waals surface area contributed by atoms with E-state index in [0.29, 0.717) is 19.5 Å². The standard InChI is InChI=1S/C20H29N7O.HI/c1-4-21-20(25(2)14-18-23-15-24-26(18)3)22-12-7-10-19(28)27-13-11-16-8-5-6-9-17(16)27;/h5-6,8-9,15H,4,7,10-14H2,1-3H3,(H,21,22);1H. The lowest BCUT2D eigenvalue weighted by molar-refractivity contribution is -0.118. The van der Waals surface area contributed by atoms with Crippen LogP contribution in [0.4, 0.5) is 5.69 Å². The van der Waals surface area contributed by atoms with Gasteiger partial charge in [0.1, 0.15) is 12.2 Å². The van der Waals surface area contributed by atoms with E-state index in [4.69, 9.17) is 0 Å². The Bertz CT molecular complexity index is 836. The van der Waals surface area contributed by atoms with Crippen LogP contribution in [0.15, 0.2) is 35.6 Å². The van der Waals surface area contributed by atoms with Crippen LogP contribution < -0.4 is 10.2 Å². The van der Waals surface area contributed by atoms with Gasteiger partial charge in [-0.3, -0.25) is 14.5 Å². The van der Waals surface area contributed by atoms with Gasteiger partial charge in [-0.2, -0.15) is 5.10 Å². The average Bonchev–Trinajstić information content (AvgIpc) is 3.30. The van der Waals surface area contributed by atoms with Crippen molar-refractivity contribution in [2.45, 2.75) is 32.7 Å². The SMILES string of the molecule is CCNC(=NCCCC(=O)N1CCc2ccccc21)N(C)Cc1ncnn1C.I. The molecule has 1 aliphatic heterocycles. The minimum Gasteiger partial charge on any atom is -0.357 e. The number of para-hydroxylation sites is 1. The maximum Gasteiger partial charge on any atom is 0.227 e. The molecule has 3 rings (SSSR count). The van der Waals surface area contributed by atoms with E-state index in [0.717, 1.165) is 43.4 Å². The zero-order valence-corrected chi connectivity index (χ0v) is 19.7. The highest BCUT2D eigenvalue weighted by Crippen LogP contribution is 2.27. The normalized spacial score (nSPS) is 13.1. The number of hydrogen-bond donors (Lipinski definition) is 1. The molecule has 0 radical (unpaired) electrons. The Balaban J connectivity index is 0.00000300. The highest BCUT2D eigenvalue weighted by molar-refractivity contribution is 14.0. The van der Waals surface area contributed by atoms with Gasteiger partial charge in [0, 0.05) is 45.8 Å². The second kappa shape index (κ2) is 11.1.